The van der Waals surface area contributed by atoms with Crippen LogP contribution in [0.1, 0.15) is 0 Å². The number of hydrogen-bond acceptors (Lipinski definition) is 6. The zero-order valence-electron chi connectivity index (χ0n) is 12.8. The molecular formula is C18H12N2O5. The van der Waals surface area contributed by atoms with E-state index in [2.05, 4.69) is 4.98 Å². The number of pyridine rings is 1. The third-order valence-electron chi connectivity index (χ3n) is 3.68. The minimum atomic E-state index is -1.11. The Kier molecular flexibility index (Phi) is 3.39. The molecule has 7 heteroatoms. The first kappa shape index (κ1) is 14.8. The maximum Gasteiger partial charge on any atom is 0.539 e. The molecule has 25 heavy (non-hydrogen) atoms. The molecule has 7 nitrogen and oxygen atoms in total. The second-order valence-electron chi connectivity index (χ2n) is 5.29. The predicted octanol–water partition coefficient (Wildman–Crippen LogP) is 3.23. The normalized spacial score (nSPS) is 10.9. The van der Waals surface area contributed by atoms with Gasteiger partial charge in [-0.3, -0.25) is 4.84 Å². The number of aromatic hydroxyl groups is 2. The lowest BCUT2D eigenvalue weighted by Crippen LogP contribution is -2.22. The molecule has 0 aliphatic heterocycles. The van der Waals surface area contributed by atoms with E-state index < -0.39 is 17.9 Å². The zero-order valence-corrected chi connectivity index (χ0v) is 12.8. The van der Waals surface area contributed by atoms with Crippen LogP contribution in [0.4, 0.5) is 4.79 Å². The molecule has 0 radical (unpaired) electrons. The smallest absolute Gasteiger partial charge is 0.492 e. The van der Waals surface area contributed by atoms with Crippen LogP contribution in [-0.4, -0.2) is 26.1 Å². The highest BCUT2D eigenvalue weighted by molar-refractivity contribution is 5.96. The maximum atomic E-state index is 12.0. The molecule has 2 aromatic carbocycles. The number of carbonyl (C=O) groups excluding carboxylic acids is 1. The molecule has 0 fully saturated rings. The molecule has 0 unspecified atom stereocenters. The minimum absolute atomic E-state index is 0.256. The summed E-state index contributed by atoms with van der Waals surface area (Å²) in [6.45, 7) is 0. The third kappa shape index (κ3) is 2.67. The second-order valence-corrected chi connectivity index (χ2v) is 5.29. The molecule has 0 spiro atoms. The molecule has 0 saturated carbocycles. The molecule has 2 heterocycles. The summed E-state index contributed by atoms with van der Waals surface area (Å²) in [5.41, 5.74) is 1.49. The Bertz CT molecular complexity index is 1080. The van der Waals surface area contributed by atoms with Crippen LogP contribution < -0.4 is 9.57 Å². The summed E-state index contributed by atoms with van der Waals surface area (Å²) in [4.78, 5) is 21.3. The highest BCUT2D eigenvalue weighted by atomic mass is 16.8. The molecule has 2 N–H and O–H groups in total. The highest BCUT2D eigenvalue weighted by Crippen LogP contribution is 2.28. The molecule has 0 aliphatic carbocycles. The van der Waals surface area contributed by atoms with Gasteiger partial charge in [-0.1, -0.05) is 24.3 Å². The lowest BCUT2D eigenvalue weighted by molar-refractivity contribution is 0.0712. The third-order valence-corrected chi connectivity index (χ3v) is 3.68. The molecule has 0 aliphatic rings. The number of ether oxygens (including phenoxy) is 1. The number of rotatable bonds is 2. The Morgan fingerprint density at radius 3 is 2.44 bits per heavy atom. The van der Waals surface area contributed by atoms with Crippen LogP contribution in [0.2, 0.25) is 0 Å². The van der Waals surface area contributed by atoms with E-state index in [1.807, 2.05) is 36.4 Å². The van der Waals surface area contributed by atoms with Crippen molar-refractivity contribution in [2.24, 2.45) is 0 Å². The summed E-state index contributed by atoms with van der Waals surface area (Å²) in [7, 11) is 0. The van der Waals surface area contributed by atoms with E-state index in [0.29, 0.717) is 15.6 Å². The Balaban J connectivity index is 1.69. The molecule has 2 aromatic heterocycles. The first-order valence-electron chi connectivity index (χ1n) is 7.40. The summed E-state index contributed by atoms with van der Waals surface area (Å²) in [6, 6.07) is 16.9. The van der Waals surface area contributed by atoms with Gasteiger partial charge < -0.3 is 14.9 Å². The van der Waals surface area contributed by atoms with Gasteiger partial charge in [0.1, 0.15) is 5.75 Å². The number of fused-ring (bicyclic) bond motifs is 2. The van der Waals surface area contributed by atoms with Gasteiger partial charge in [-0.25, -0.2) is 9.78 Å². The number of para-hydroxylation sites is 1. The van der Waals surface area contributed by atoms with Crippen LogP contribution in [0.5, 0.6) is 17.5 Å². The second kappa shape index (κ2) is 5.72. The number of carbonyl (C=O) groups is 1. The fraction of sp³-hybridized carbons (Fsp3) is 0. The zero-order chi connectivity index (χ0) is 17.4. The van der Waals surface area contributed by atoms with Crippen LogP contribution in [0.25, 0.3) is 21.8 Å². The molecule has 0 bridgehead atoms. The van der Waals surface area contributed by atoms with E-state index in [9.17, 15) is 15.0 Å². The summed E-state index contributed by atoms with van der Waals surface area (Å²) < 4.78 is 5.77. The van der Waals surface area contributed by atoms with Gasteiger partial charge in [0.15, 0.2) is 0 Å². The molecule has 4 rings (SSSR count). The van der Waals surface area contributed by atoms with Gasteiger partial charge >= 0.3 is 6.16 Å². The molecular weight excluding hydrogens is 324 g/mol. The molecule has 0 amide bonds. The average Bonchev–Trinajstić information content (AvgIpc) is 2.92. The van der Waals surface area contributed by atoms with Gasteiger partial charge in [-0.2, -0.15) is 0 Å². The van der Waals surface area contributed by atoms with Gasteiger partial charge in [-0.05, 0) is 24.3 Å². The topological polar surface area (TPSA) is 93.8 Å². The predicted molar refractivity (Wildman–Crippen MR) is 89.6 cm³/mol. The van der Waals surface area contributed by atoms with E-state index in [4.69, 9.17) is 9.57 Å². The summed E-state index contributed by atoms with van der Waals surface area (Å²) in [5.74, 6) is -0.605. The van der Waals surface area contributed by atoms with Crippen molar-refractivity contribution < 1.29 is 24.6 Å². The van der Waals surface area contributed by atoms with Gasteiger partial charge in [-0.15, -0.1) is 4.73 Å². The molecule has 0 saturated heterocycles. The van der Waals surface area contributed by atoms with Crippen LogP contribution in [0.3, 0.4) is 0 Å². The van der Waals surface area contributed by atoms with Crippen molar-refractivity contribution in [2.45, 2.75) is 0 Å². The quantitative estimate of drug-likeness (QED) is 0.332. The van der Waals surface area contributed by atoms with E-state index in [0.717, 1.165) is 10.9 Å². The highest BCUT2D eigenvalue weighted by Gasteiger charge is 2.16. The van der Waals surface area contributed by atoms with E-state index in [-0.39, 0.29) is 5.75 Å². The van der Waals surface area contributed by atoms with Crippen LogP contribution in [0, 0.1) is 0 Å². The Morgan fingerprint density at radius 1 is 0.920 bits per heavy atom. The van der Waals surface area contributed by atoms with Crippen LogP contribution >= 0.6 is 0 Å². The van der Waals surface area contributed by atoms with Crippen LogP contribution in [0.15, 0.2) is 60.7 Å². The summed E-state index contributed by atoms with van der Waals surface area (Å²) in [5, 5.41) is 20.5. The first-order valence-corrected chi connectivity index (χ1v) is 7.40. The Morgan fingerprint density at radius 2 is 1.64 bits per heavy atom. The summed E-state index contributed by atoms with van der Waals surface area (Å²) in [6.07, 6.45) is -1.11. The number of benzene rings is 2. The fourth-order valence-electron chi connectivity index (χ4n) is 2.54. The largest absolute Gasteiger partial charge is 0.539 e. The van der Waals surface area contributed by atoms with Crippen molar-refractivity contribution in [1.29, 1.82) is 0 Å². The number of hydrogen-bond donors (Lipinski definition) is 2. The average molecular weight is 336 g/mol. The number of nitrogens with zero attached hydrogens (tertiary/aromatic N) is 2. The van der Waals surface area contributed by atoms with Crippen molar-refractivity contribution in [3.8, 4) is 17.5 Å². The minimum Gasteiger partial charge on any atom is -0.492 e. The summed E-state index contributed by atoms with van der Waals surface area (Å²) >= 11 is 0. The van der Waals surface area contributed by atoms with Crippen LogP contribution in [-0.2, 0) is 0 Å². The lowest BCUT2D eigenvalue weighted by Gasteiger charge is -2.09. The monoisotopic (exact) mass is 336 g/mol. The Labute approximate surface area is 141 Å². The van der Waals surface area contributed by atoms with Gasteiger partial charge in [0.2, 0.25) is 11.8 Å². The van der Waals surface area contributed by atoms with Crippen molar-refractivity contribution in [2.75, 3.05) is 0 Å². The van der Waals surface area contributed by atoms with Gasteiger partial charge in [0, 0.05) is 22.9 Å². The first-order chi connectivity index (χ1) is 12.1. The van der Waals surface area contributed by atoms with Gasteiger partial charge in [0.05, 0.1) is 11.0 Å². The fourth-order valence-corrected chi connectivity index (χ4v) is 2.54. The molecule has 124 valence electrons. The molecule has 4 aromatic rings. The standard InChI is InChI=1S/C18H12N2O5/c21-16-8-9-17(22)20(16)25-18(23)24-15-7-3-6-14-12(15)10-11-4-1-2-5-13(11)19-14/h1-10,21-22H. The Hall–Kier alpha value is -3.74. The van der Waals surface area contributed by atoms with Crippen molar-refractivity contribution in [1.82, 2.24) is 9.71 Å². The SMILES string of the molecule is O=C(Oc1cccc2nc3ccccc3cc12)On1c(O)ccc1O. The lowest BCUT2D eigenvalue weighted by atomic mass is 10.1. The van der Waals surface area contributed by atoms with Crippen molar-refractivity contribution in [3.63, 3.8) is 0 Å². The molecule has 0 atom stereocenters. The van der Waals surface area contributed by atoms with Crippen molar-refractivity contribution in [3.05, 3.63) is 60.7 Å². The number of aromatic nitrogens is 2. The maximum absolute atomic E-state index is 12.0. The van der Waals surface area contributed by atoms with E-state index in [1.165, 1.54) is 12.1 Å². The van der Waals surface area contributed by atoms with E-state index in [1.54, 1.807) is 12.1 Å². The van der Waals surface area contributed by atoms with E-state index >= 15 is 0 Å². The van der Waals surface area contributed by atoms with Crippen molar-refractivity contribution >= 4 is 28.0 Å². The van der Waals surface area contributed by atoms with Gasteiger partial charge in [0.25, 0.3) is 0 Å².